The van der Waals surface area contributed by atoms with E-state index in [1.54, 1.807) is 24.3 Å². The lowest BCUT2D eigenvalue weighted by Gasteiger charge is -2.05. The first kappa shape index (κ1) is 12.9. The molecule has 0 aliphatic heterocycles. The molecule has 1 aliphatic carbocycles. The van der Waals surface area contributed by atoms with E-state index in [9.17, 15) is 4.79 Å². The van der Waals surface area contributed by atoms with E-state index in [2.05, 4.69) is 10.5 Å². The fourth-order valence-electron chi connectivity index (χ4n) is 1.75. The molecule has 1 aliphatic rings. The van der Waals surface area contributed by atoms with Gasteiger partial charge in [0.05, 0.1) is 0 Å². The molecule has 0 radical (unpaired) electrons. The molecule has 5 heteroatoms. The lowest BCUT2D eigenvalue weighted by Crippen LogP contribution is -2.25. The van der Waals surface area contributed by atoms with Gasteiger partial charge in [0.25, 0.3) is 5.91 Å². The Bertz CT molecular complexity index is 435. The quantitative estimate of drug-likeness (QED) is 0.852. The predicted molar refractivity (Wildman–Crippen MR) is 71.0 cm³/mol. The van der Waals surface area contributed by atoms with Crippen molar-refractivity contribution in [1.29, 1.82) is 0 Å². The highest BCUT2D eigenvalue weighted by Gasteiger charge is 2.09. The molecule has 18 heavy (non-hydrogen) atoms. The van der Waals surface area contributed by atoms with Crippen molar-refractivity contribution in [1.82, 2.24) is 5.43 Å². The van der Waals surface area contributed by atoms with Gasteiger partial charge >= 0.3 is 0 Å². The minimum atomic E-state index is -0.246. The van der Waals surface area contributed by atoms with Gasteiger partial charge in [0.15, 0.2) is 6.61 Å². The molecule has 0 atom stereocenters. The van der Waals surface area contributed by atoms with Crippen LogP contribution >= 0.6 is 11.6 Å². The van der Waals surface area contributed by atoms with Crippen molar-refractivity contribution in [3.8, 4) is 5.75 Å². The van der Waals surface area contributed by atoms with Gasteiger partial charge in [0.2, 0.25) is 0 Å². The Kier molecular flexibility index (Phi) is 4.59. The van der Waals surface area contributed by atoms with E-state index >= 15 is 0 Å². The lowest BCUT2D eigenvalue weighted by molar-refractivity contribution is -0.123. The normalized spacial score (nSPS) is 14.4. The van der Waals surface area contributed by atoms with E-state index in [1.165, 1.54) is 0 Å². The van der Waals surface area contributed by atoms with Crippen molar-refractivity contribution in [3.63, 3.8) is 0 Å². The number of rotatable bonds is 4. The van der Waals surface area contributed by atoms with E-state index in [0.29, 0.717) is 10.8 Å². The van der Waals surface area contributed by atoms with Crippen LogP contribution in [0.4, 0.5) is 0 Å². The number of benzene rings is 1. The van der Waals surface area contributed by atoms with Crippen LogP contribution in [0.25, 0.3) is 0 Å². The van der Waals surface area contributed by atoms with Crippen LogP contribution in [0.5, 0.6) is 5.75 Å². The third-order valence-electron chi connectivity index (χ3n) is 2.70. The molecule has 1 fully saturated rings. The number of nitrogens with one attached hydrogen (secondary N) is 1. The van der Waals surface area contributed by atoms with E-state index in [-0.39, 0.29) is 12.5 Å². The summed E-state index contributed by atoms with van der Waals surface area (Å²) < 4.78 is 5.30. The second kappa shape index (κ2) is 6.40. The summed E-state index contributed by atoms with van der Waals surface area (Å²) in [5.74, 6) is 0.368. The molecule has 1 N–H and O–H groups in total. The van der Waals surface area contributed by atoms with Gasteiger partial charge in [-0.3, -0.25) is 4.79 Å². The zero-order chi connectivity index (χ0) is 12.8. The summed E-state index contributed by atoms with van der Waals surface area (Å²) in [6.07, 6.45) is 4.29. The number of hydrogen-bond donors (Lipinski definition) is 1. The molecule has 96 valence electrons. The SMILES string of the molecule is O=C(COc1ccc(Cl)cc1)NN=C1CCCC1. The van der Waals surface area contributed by atoms with Crippen LogP contribution in [-0.2, 0) is 4.79 Å². The average molecular weight is 267 g/mol. The maximum Gasteiger partial charge on any atom is 0.277 e. The number of carbonyl (C=O) groups is 1. The topological polar surface area (TPSA) is 50.7 Å². The van der Waals surface area contributed by atoms with Crippen LogP contribution in [0.3, 0.4) is 0 Å². The van der Waals surface area contributed by atoms with Gasteiger partial charge < -0.3 is 4.74 Å². The van der Waals surface area contributed by atoms with Crippen molar-refractivity contribution in [2.24, 2.45) is 5.10 Å². The van der Waals surface area contributed by atoms with Crippen LogP contribution in [0.15, 0.2) is 29.4 Å². The summed E-state index contributed by atoms with van der Waals surface area (Å²) in [5, 5.41) is 4.70. The summed E-state index contributed by atoms with van der Waals surface area (Å²) in [7, 11) is 0. The van der Waals surface area contributed by atoms with Crippen LogP contribution in [-0.4, -0.2) is 18.2 Å². The Morgan fingerprint density at radius 2 is 1.94 bits per heavy atom. The third kappa shape index (κ3) is 4.04. The zero-order valence-electron chi connectivity index (χ0n) is 9.99. The molecule has 0 unspecified atom stereocenters. The van der Waals surface area contributed by atoms with Gasteiger partial charge in [-0.25, -0.2) is 5.43 Å². The summed E-state index contributed by atoms with van der Waals surface area (Å²) in [5.41, 5.74) is 3.57. The molecule has 4 nitrogen and oxygen atoms in total. The fraction of sp³-hybridized carbons (Fsp3) is 0.385. The minimum Gasteiger partial charge on any atom is -0.484 e. The van der Waals surface area contributed by atoms with Crippen molar-refractivity contribution >= 4 is 23.2 Å². The number of hydrazone groups is 1. The van der Waals surface area contributed by atoms with E-state index in [0.717, 1.165) is 31.4 Å². The molecule has 1 aromatic rings. The Hall–Kier alpha value is -1.55. The molecular formula is C13H15ClN2O2. The Labute approximate surface area is 111 Å². The fourth-order valence-corrected chi connectivity index (χ4v) is 1.87. The number of amides is 1. The molecule has 0 spiro atoms. The number of ether oxygens (including phenoxy) is 1. The van der Waals surface area contributed by atoms with Gasteiger partial charge in [-0.05, 0) is 49.9 Å². The second-order valence-electron chi connectivity index (χ2n) is 4.16. The highest BCUT2D eigenvalue weighted by Crippen LogP contribution is 2.15. The van der Waals surface area contributed by atoms with Gasteiger partial charge in [-0.1, -0.05) is 11.6 Å². The summed E-state index contributed by atoms with van der Waals surface area (Å²) in [4.78, 5) is 11.5. The number of hydrogen-bond acceptors (Lipinski definition) is 3. The first-order valence-corrected chi connectivity index (χ1v) is 6.34. The Morgan fingerprint density at radius 3 is 2.61 bits per heavy atom. The van der Waals surface area contributed by atoms with Crippen molar-refractivity contribution in [2.45, 2.75) is 25.7 Å². The molecule has 2 rings (SSSR count). The van der Waals surface area contributed by atoms with Gasteiger partial charge in [0.1, 0.15) is 5.75 Å². The molecule has 1 aromatic carbocycles. The second-order valence-corrected chi connectivity index (χ2v) is 4.60. The number of halogens is 1. The Balaban J connectivity index is 1.74. The highest BCUT2D eigenvalue weighted by molar-refractivity contribution is 6.30. The molecule has 0 aromatic heterocycles. The predicted octanol–water partition coefficient (Wildman–Crippen LogP) is 2.77. The van der Waals surface area contributed by atoms with E-state index in [4.69, 9.17) is 16.3 Å². The maximum absolute atomic E-state index is 11.5. The molecular weight excluding hydrogens is 252 g/mol. The minimum absolute atomic E-state index is 0.0432. The smallest absolute Gasteiger partial charge is 0.277 e. The van der Waals surface area contributed by atoms with Gasteiger partial charge in [0, 0.05) is 10.7 Å². The van der Waals surface area contributed by atoms with Crippen molar-refractivity contribution in [3.05, 3.63) is 29.3 Å². The summed E-state index contributed by atoms with van der Waals surface area (Å²) in [6.45, 7) is -0.0432. The summed E-state index contributed by atoms with van der Waals surface area (Å²) >= 11 is 5.74. The number of nitrogens with zero attached hydrogens (tertiary/aromatic N) is 1. The maximum atomic E-state index is 11.5. The third-order valence-corrected chi connectivity index (χ3v) is 2.95. The van der Waals surface area contributed by atoms with Gasteiger partial charge in [-0.2, -0.15) is 5.10 Å². The van der Waals surface area contributed by atoms with E-state index < -0.39 is 0 Å². The van der Waals surface area contributed by atoms with Crippen LogP contribution < -0.4 is 10.2 Å². The monoisotopic (exact) mass is 266 g/mol. The largest absolute Gasteiger partial charge is 0.484 e. The molecule has 0 saturated heterocycles. The first-order valence-electron chi connectivity index (χ1n) is 5.97. The highest BCUT2D eigenvalue weighted by atomic mass is 35.5. The van der Waals surface area contributed by atoms with Crippen LogP contribution in [0.1, 0.15) is 25.7 Å². The standard InChI is InChI=1S/C13H15ClN2O2/c14-10-5-7-12(8-6-10)18-9-13(17)16-15-11-3-1-2-4-11/h5-8H,1-4,9H2,(H,16,17). The molecule has 0 heterocycles. The average Bonchev–Trinajstić information content (AvgIpc) is 2.89. The Morgan fingerprint density at radius 1 is 1.28 bits per heavy atom. The first-order chi connectivity index (χ1) is 8.74. The van der Waals surface area contributed by atoms with Crippen molar-refractivity contribution < 1.29 is 9.53 Å². The van der Waals surface area contributed by atoms with Crippen LogP contribution in [0.2, 0.25) is 5.02 Å². The molecule has 1 amide bonds. The van der Waals surface area contributed by atoms with Crippen molar-refractivity contribution in [2.75, 3.05) is 6.61 Å². The lowest BCUT2D eigenvalue weighted by atomic mass is 10.3. The summed E-state index contributed by atoms with van der Waals surface area (Å²) in [6, 6.07) is 6.87. The zero-order valence-corrected chi connectivity index (χ0v) is 10.7. The van der Waals surface area contributed by atoms with Gasteiger partial charge in [-0.15, -0.1) is 0 Å². The molecule has 1 saturated carbocycles. The molecule has 0 bridgehead atoms. The van der Waals surface area contributed by atoms with E-state index in [1.807, 2.05) is 0 Å². The van der Waals surface area contributed by atoms with Crippen LogP contribution in [0, 0.1) is 0 Å². The number of carbonyl (C=O) groups excluding carboxylic acids is 1.